The number of ketones is 2. The molecule has 0 aliphatic rings. The first kappa shape index (κ1) is 7.88. The molecule has 0 saturated heterocycles. The van der Waals surface area contributed by atoms with E-state index in [1.807, 2.05) is 0 Å². The van der Waals surface area contributed by atoms with E-state index in [2.05, 4.69) is 15.9 Å². The van der Waals surface area contributed by atoms with Crippen molar-refractivity contribution in [3.63, 3.8) is 0 Å². The second-order valence-electron chi connectivity index (χ2n) is 1.18. The van der Waals surface area contributed by atoms with Crippen LogP contribution in [-0.2, 0) is 9.59 Å². The molecule has 0 aliphatic heterocycles. The van der Waals surface area contributed by atoms with Gasteiger partial charge in [0.25, 0.3) is 0 Å². The largest absolute Gasteiger partial charge is 0.292 e. The molecule has 0 amide bonds. The molecule has 0 unspecified atom stereocenters. The molecule has 0 N–H and O–H groups in total. The van der Waals surface area contributed by atoms with Crippen LogP contribution in [0.5, 0.6) is 0 Å². The number of hydrogen-bond acceptors (Lipinski definition) is 2. The number of carbonyl (C=O) groups is 2. The Bertz CT molecular complexity index is 98.6. The lowest BCUT2D eigenvalue weighted by Crippen LogP contribution is -2.13. The number of rotatable bonds is 3. The quantitative estimate of drug-likeness (QED) is 0.346. The molecule has 0 rings (SSSR count). The van der Waals surface area contributed by atoms with Gasteiger partial charge in [-0.1, -0.05) is 15.9 Å². The van der Waals surface area contributed by atoms with Crippen molar-refractivity contribution < 1.29 is 9.59 Å². The Labute approximate surface area is 57.2 Å². The summed E-state index contributed by atoms with van der Waals surface area (Å²) in [5.41, 5.74) is 0. The molecule has 0 aromatic carbocycles. The zero-order valence-electron chi connectivity index (χ0n) is 4.19. The monoisotopic (exact) mass is 174 g/mol. The lowest BCUT2D eigenvalue weighted by Gasteiger charge is -1.86. The van der Waals surface area contributed by atoms with Gasteiger partial charge >= 0.3 is 0 Å². The van der Waals surface area contributed by atoms with Crippen molar-refractivity contribution in [1.29, 1.82) is 0 Å². The lowest BCUT2D eigenvalue weighted by molar-refractivity contribution is -0.133. The van der Waals surface area contributed by atoms with Crippen LogP contribution in [0.3, 0.4) is 0 Å². The van der Waals surface area contributed by atoms with Crippen molar-refractivity contribution >= 4 is 35.3 Å². The van der Waals surface area contributed by atoms with Gasteiger partial charge in [0.15, 0.2) is 5.78 Å². The summed E-state index contributed by atoms with van der Waals surface area (Å²) < 4.78 is 0. The molecule has 0 aromatic rings. The Balaban J connectivity index is 3.64. The van der Waals surface area contributed by atoms with Crippen LogP contribution in [0.4, 0.5) is 0 Å². The topological polar surface area (TPSA) is 34.1 Å². The standard InChI is InChI=1S/C4H4BBrO2/c5-1-3(7)4(8)2-6/h1-2H2. The Morgan fingerprint density at radius 1 is 1.38 bits per heavy atom. The van der Waals surface area contributed by atoms with E-state index in [-0.39, 0.29) is 11.7 Å². The van der Waals surface area contributed by atoms with Crippen molar-refractivity contribution in [3.8, 4) is 0 Å². The second kappa shape index (κ2) is 3.84. The summed E-state index contributed by atoms with van der Waals surface area (Å²) in [5.74, 6) is -0.991. The predicted octanol–water partition coefficient (Wildman–Crippen LogP) is 0.106. The molecule has 42 valence electrons. The van der Waals surface area contributed by atoms with Crippen LogP contribution in [0.25, 0.3) is 0 Å². The molecule has 0 fully saturated rings. The average Bonchev–Trinajstić information content (AvgIpc) is 1.84. The van der Waals surface area contributed by atoms with Crippen LogP contribution in [0.2, 0.25) is 6.32 Å². The molecular formula is C4H4BBrO2. The van der Waals surface area contributed by atoms with E-state index < -0.39 is 11.6 Å². The van der Waals surface area contributed by atoms with Gasteiger partial charge in [0.05, 0.1) is 13.2 Å². The van der Waals surface area contributed by atoms with Crippen molar-refractivity contribution in [2.45, 2.75) is 6.32 Å². The maximum absolute atomic E-state index is 10.3. The summed E-state index contributed by atoms with van der Waals surface area (Å²) in [6, 6.07) is 0. The third-order valence-electron chi connectivity index (χ3n) is 0.618. The number of Topliss-reactive ketones (excluding diaryl/α,β-unsaturated/α-hetero) is 2. The first-order valence-corrected chi connectivity index (χ1v) is 3.16. The van der Waals surface area contributed by atoms with Crippen LogP contribution < -0.4 is 0 Å². The third-order valence-corrected chi connectivity index (χ3v) is 1.13. The first-order valence-electron chi connectivity index (χ1n) is 2.04. The average molecular weight is 175 g/mol. The molecular weight excluding hydrogens is 171 g/mol. The fourth-order valence-corrected chi connectivity index (χ4v) is 0.501. The number of halogens is 1. The molecule has 2 radical (unpaired) electrons. The van der Waals surface area contributed by atoms with E-state index in [0.29, 0.717) is 0 Å². The van der Waals surface area contributed by atoms with Gasteiger partial charge in [-0.25, -0.2) is 0 Å². The Hall–Kier alpha value is -0.115. The van der Waals surface area contributed by atoms with Crippen LogP contribution >= 0.6 is 15.9 Å². The molecule has 0 saturated carbocycles. The van der Waals surface area contributed by atoms with Gasteiger partial charge in [-0.15, -0.1) is 0 Å². The SMILES string of the molecule is [B]CC(=O)C(=O)CBr. The minimum atomic E-state index is -0.526. The highest BCUT2D eigenvalue weighted by Crippen LogP contribution is 1.86. The molecule has 2 nitrogen and oxygen atoms in total. The molecule has 0 bridgehead atoms. The van der Waals surface area contributed by atoms with Gasteiger partial charge in [-0.05, 0) is 6.32 Å². The second-order valence-corrected chi connectivity index (χ2v) is 1.74. The summed E-state index contributed by atoms with van der Waals surface area (Å²) in [6.45, 7) is 0. The van der Waals surface area contributed by atoms with Crippen LogP contribution in [0.1, 0.15) is 0 Å². The zero-order chi connectivity index (χ0) is 6.57. The Morgan fingerprint density at radius 2 is 1.88 bits per heavy atom. The van der Waals surface area contributed by atoms with E-state index in [1.54, 1.807) is 0 Å². The van der Waals surface area contributed by atoms with Gasteiger partial charge in [0.1, 0.15) is 0 Å². The summed E-state index contributed by atoms with van der Waals surface area (Å²) in [4.78, 5) is 20.5. The molecule has 4 heteroatoms. The summed E-state index contributed by atoms with van der Waals surface area (Å²) in [6.07, 6.45) is -0.190. The van der Waals surface area contributed by atoms with Crippen molar-refractivity contribution in [2.75, 3.05) is 5.33 Å². The summed E-state index contributed by atoms with van der Waals surface area (Å²) in [5, 5.41) is 0.0725. The third kappa shape index (κ3) is 2.26. The van der Waals surface area contributed by atoms with E-state index in [9.17, 15) is 9.59 Å². The number of alkyl halides is 1. The molecule has 0 spiro atoms. The highest BCUT2D eigenvalue weighted by molar-refractivity contribution is 9.09. The number of hydrogen-bond donors (Lipinski definition) is 0. The maximum atomic E-state index is 10.3. The fraction of sp³-hybridized carbons (Fsp3) is 0.500. The summed E-state index contributed by atoms with van der Waals surface area (Å²) in [7, 11) is 4.86. The van der Waals surface area contributed by atoms with Crippen molar-refractivity contribution in [2.24, 2.45) is 0 Å². The predicted molar refractivity (Wildman–Crippen MR) is 34.4 cm³/mol. The molecule has 0 aliphatic carbocycles. The number of carbonyl (C=O) groups excluding carboxylic acids is 2. The van der Waals surface area contributed by atoms with Crippen molar-refractivity contribution in [1.82, 2.24) is 0 Å². The lowest BCUT2D eigenvalue weighted by atomic mass is 9.99. The highest BCUT2D eigenvalue weighted by atomic mass is 79.9. The van der Waals surface area contributed by atoms with Gasteiger partial charge in [0, 0.05) is 0 Å². The van der Waals surface area contributed by atoms with Gasteiger partial charge < -0.3 is 0 Å². The van der Waals surface area contributed by atoms with Gasteiger partial charge in [-0.2, -0.15) is 0 Å². The Morgan fingerprint density at radius 3 is 2.00 bits per heavy atom. The summed E-state index contributed by atoms with van der Waals surface area (Å²) >= 11 is 2.83. The van der Waals surface area contributed by atoms with E-state index in [4.69, 9.17) is 7.85 Å². The van der Waals surface area contributed by atoms with Crippen LogP contribution in [-0.4, -0.2) is 24.7 Å². The fourth-order valence-electron chi connectivity index (χ4n) is 0.188. The van der Waals surface area contributed by atoms with Crippen LogP contribution in [0.15, 0.2) is 0 Å². The Kier molecular flexibility index (Phi) is 3.78. The van der Waals surface area contributed by atoms with E-state index in [1.165, 1.54) is 0 Å². The van der Waals surface area contributed by atoms with E-state index in [0.717, 1.165) is 0 Å². The van der Waals surface area contributed by atoms with Gasteiger partial charge in [-0.3, -0.25) is 9.59 Å². The van der Waals surface area contributed by atoms with Gasteiger partial charge in [0.2, 0.25) is 5.78 Å². The molecule has 8 heavy (non-hydrogen) atoms. The van der Waals surface area contributed by atoms with E-state index >= 15 is 0 Å². The zero-order valence-corrected chi connectivity index (χ0v) is 5.77. The van der Waals surface area contributed by atoms with Crippen molar-refractivity contribution in [3.05, 3.63) is 0 Å². The minimum absolute atomic E-state index is 0.0725. The smallest absolute Gasteiger partial charge is 0.208 e. The first-order chi connectivity index (χ1) is 3.72. The minimum Gasteiger partial charge on any atom is -0.292 e. The van der Waals surface area contributed by atoms with Crippen LogP contribution in [0, 0.1) is 0 Å². The molecule has 0 heterocycles. The normalized spacial score (nSPS) is 8.62. The maximum Gasteiger partial charge on any atom is 0.208 e. The highest BCUT2D eigenvalue weighted by Gasteiger charge is 2.06. The molecule has 0 atom stereocenters. The molecule has 0 aromatic heterocycles.